The van der Waals surface area contributed by atoms with Crippen LogP contribution in [0.5, 0.6) is 5.75 Å². The first-order valence-corrected chi connectivity index (χ1v) is 6.91. The van der Waals surface area contributed by atoms with Crippen molar-refractivity contribution in [2.45, 2.75) is 19.4 Å². The van der Waals surface area contributed by atoms with Gasteiger partial charge in [0.15, 0.2) is 0 Å². The lowest BCUT2D eigenvalue weighted by molar-refractivity contribution is 0.354. The molecule has 0 spiro atoms. The molecule has 0 atom stereocenters. The maximum Gasteiger partial charge on any atom is 0.123 e. The summed E-state index contributed by atoms with van der Waals surface area (Å²) in [7, 11) is 1.69. The Morgan fingerprint density at radius 1 is 1.39 bits per heavy atom. The van der Waals surface area contributed by atoms with E-state index in [2.05, 4.69) is 10.6 Å². The summed E-state index contributed by atoms with van der Waals surface area (Å²) in [6.45, 7) is 4.17. The van der Waals surface area contributed by atoms with Gasteiger partial charge in [-0.25, -0.2) is 0 Å². The molecular weight excluding hydrogens is 248 g/mol. The number of rotatable bonds is 5. The minimum atomic E-state index is 0.759. The monoisotopic (exact) mass is 268 g/mol. The Morgan fingerprint density at radius 2 is 2.17 bits per heavy atom. The fourth-order valence-corrected chi connectivity index (χ4v) is 2.58. The standard InChI is InChI=1S/C14H21ClN2O/c1-18-14-3-2-13(15)8-12(14)10-17-9-11-4-6-16-7-5-11/h2-3,8,11,16-17H,4-7,9-10H2,1H3. The number of benzene rings is 1. The number of piperidine rings is 1. The van der Waals surface area contributed by atoms with E-state index in [1.165, 1.54) is 12.8 Å². The van der Waals surface area contributed by atoms with Gasteiger partial charge in [-0.2, -0.15) is 0 Å². The minimum Gasteiger partial charge on any atom is -0.496 e. The number of halogens is 1. The third kappa shape index (κ3) is 3.87. The zero-order valence-electron chi connectivity index (χ0n) is 10.8. The first-order chi connectivity index (χ1) is 8.79. The molecular formula is C14H21ClN2O. The highest BCUT2D eigenvalue weighted by Gasteiger charge is 2.12. The van der Waals surface area contributed by atoms with Crippen LogP contribution in [0.3, 0.4) is 0 Å². The number of hydrogen-bond donors (Lipinski definition) is 2. The van der Waals surface area contributed by atoms with E-state index in [9.17, 15) is 0 Å². The zero-order chi connectivity index (χ0) is 12.8. The number of nitrogens with one attached hydrogen (secondary N) is 2. The van der Waals surface area contributed by atoms with Gasteiger partial charge in [0.2, 0.25) is 0 Å². The average Bonchev–Trinajstić information content (AvgIpc) is 2.40. The van der Waals surface area contributed by atoms with Crippen molar-refractivity contribution in [1.82, 2.24) is 10.6 Å². The molecule has 0 bridgehead atoms. The lowest BCUT2D eigenvalue weighted by atomic mass is 9.98. The van der Waals surface area contributed by atoms with E-state index in [0.29, 0.717) is 0 Å². The van der Waals surface area contributed by atoms with Crippen molar-refractivity contribution in [2.24, 2.45) is 5.92 Å². The van der Waals surface area contributed by atoms with Crippen LogP contribution < -0.4 is 15.4 Å². The molecule has 1 aromatic rings. The molecule has 2 rings (SSSR count). The summed E-state index contributed by atoms with van der Waals surface area (Å²) in [5.74, 6) is 1.69. The van der Waals surface area contributed by atoms with Crippen molar-refractivity contribution < 1.29 is 4.74 Å². The molecule has 0 aliphatic carbocycles. The van der Waals surface area contributed by atoms with E-state index in [1.807, 2.05) is 18.2 Å². The highest BCUT2D eigenvalue weighted by Crippen LogP contribution is 2.22. The summed E-state index contributed by atoms with van der Waals surface area (Å²) in [5.41, 5.74) is 1.12. The molecule has 1 fully saturated rings. The summed E-state index contributed by atoms with van der Waals surface area (Å²) in [5, 5.41) is 7.65. The lowest BCUT2D eigenvalue weighted by Crippen LogP contribution is -2.33. The van der Waals surface area contributed by atoms with Crippen LogP contribution in [0.25, 0.3) is 0 Å². The quantitative estimate of drug-likeness (QED) is 0.861. The molecule has 0 aromatic heterocycles. The molecule has 1 aliphatic rings. The lowest BCUT2D eigenvalue weighted by Gasteiger charge is -2.23. The predicted molar refractivity (Wildman–Crippen MR) is 75.3 cm³/mol. The molecule has 0 amide bonds. The molecule has 1 aromatic carbocycles. The van der Waals surface area contributed by atoms with E-state index in [1.54, 1.807) is 7.11 Å². The van der Waals surface area contributed by atoms with Crippen LogP contribution in [0.2, 0.25) is 5.02 Å². The summed E-state index contributed by atoms with van der Waals surface area (Å²) < 4.78 is 5.33. The van der Waals surface area contributed by atoms with Gasteiger partial charge in [0.1, 0.15) is 5.75 Å². The predicted octanol–water partition coefficient (Wildman–Crippen LogP) is 2.44. The molecule has 3 nitrogen and oxygen atoms in total. The van der Waals surface area contributed by atoms with Crippen molar-refractivity contribution in [1.29, 1.82) is 0 Å². The fourth-order valence-electron chi connectivity index (χ4n) is 2.38. The SMILES string of the molecule is COc1ccc(Cl)cc1CNCC1CCNCC1. The molecule has 1 saturated heterocycles. The maximum absolute atomic E-state index is 6.01. The Bertz CT molecular complexity index is 378. The van der Waals surface area contributed by atoms with Crippen LogP contribution in [0, 0.1) is 5.92 Å². The van der Waals surface area contributed by atoms with E-state index < -0.39 is 0 Å². The van der Waals surface area contributed by atoms with Gasteiger partial charge < -0.3 is 15.4 Å². The first kappa shape index (κ1) is 13.7. The second kappa shape index (κ2) is 6.98. The highest BCUT2D eigenvalue weighted by atomic mass is 35.5. The van der Waals surface area contributed by atoms with Crippen molar-refractivity contribution in [3.63, 3.8) is 0 Å². The Balaban J connectivity index is 1.83. The second-order valence-electron chi connectivity index (χ2n) is 4.78. The minimum absolute atomic E-state index is 0.759. The Hall–Kier alpha value is -0.770. The van der Waals surface area contributed by atoms with Crippen LogP contribution in [0.1, 0.15) is 18.4 Å². The van der Waals surface area contributed by atoms with Crippen LogP contribution in [0.15, 0.2) is 18.2 Å². The van der Waals surface area contributed by atoms with E-state index in [-0.39, 0.29) is 0 Å². The number of methoxy groups -OCH3 is 1. The Morgan fingerprint density at radius 3 is 2.89 bits per heavy atom. The Kier molecular flexibility index (Phi) is 5.29. The van der Waals surface area contributed by atoms with Crippen LogP contribution >= 0.6 is 11.6 Å². The van der Waals surface area contributed by atoms with Crippen molar-refractivity contribution in [3.05, 3.63) is 28.8 Å². The zero-order valence-corrected chi connectivity index (χ0v) is 11.6. The third-order valence-corrected chi connectivity index (χ3v) is 3.68. The van der Waals surface area contributed by atoms with Gasteiger partial charge in [-0.15, -0.1) is 0 Å². The van der Waals surface area contributed by atoms with Gasteiger partial charge in [-0.05, 0) is 56.6 Å². The molecule has 1 heterocycles. The summed E-state index contributed by atoms with van der Waals surface area (Å²) in [6, 6.07) is 5.75. The molecule has 1 aliphatic heterocycles. The van der Waals surface area contributed by atoms with Gasteiger partial charge in [-0.1, -0.05) is 11.6 Å². The smallest absolute Gasteiger partial charge is 0.123 e. The van der Waals surface area contributed by atoms with Crippen molar-refractivity contribution in [3.8, 4) is 5.75 Å². The van der Waals surface area contributed by atoms with Gasteiger partial charge in [0.25, 0.3) is 0 Å². The number of hydrogen-bond acceptors (Lipinski definition) is 3. The highest BCUT2D eigenvalue weighted by molar-refractivity contribution is 6.30. The molecule has 18 heavy (non-hydrogen) atoms. The molecule has 100 valence electrons. The summed E-state index contributed by atoms with van der Waals surface area (Å²) in [6.07, 6.45) is 2.53. The van der Waals surface area contributed by atoms with Crippen molar-refractivity contribution in [2.75, 3.05) is 26.7 Å². The van der Waals surface area contributed by atoms with E-state index >= 15 is 0 Å². The Labute approximate surface area is 114 Å². The van der Waals surface area contributed by atoms with Crippen LogP contribution in [-0.4, -0.2) is 26.7 Å². The molecule has 0 saturated carbocycles. The second-order valence-corrected chi connectivity index (χ2v) is 5.22. The summed E-state index contributed by atoms with van der Waals surface area (Å²) >= 11 is 6.01. The largest absolute Gasteiger partial charge is 0.496 e. The average molecular weight is 269 g/mol. The van der Waals surface area contributed by atoms with Crippen LogP contribution in [0.4, 0.5) is 0 Å². The topological polar surface area (TPSA) is 33.3 Å². The third-order valence-electron chi connectivity index (χ3n) is 3.45. The maximum atomic E-state index is 6.01. The van der Waals surface area contributed by atoms with Crippen molar-refractivity contribution >= 4 is 11.6 Å². The fraction of sp³-hybridized carbons (Fsp3) is 0.571. The van der Waals surface area contributed by atoms with E-state index in [4.69, 9.17) is 16.3 Å². The molecule has 0 radical (unpaired) electrons. The van der Waals surface area contributed by atoms with E-state index in [0.717, 1.165) is 48.4 Å². The number of ether oxygens (including phenoxy) is 1. The molecule has 2 N–H and O–H groups in total. The molecule has 0 unspecified atom stereocenters. The first-order valence-electron chi connectivity index (χ1n) is 6.53. The summed E-state index contributed by atoms with van der Waals surface area (Å²) in [4.78, 5) is 0. The normalized spacial score (nSPS) is 16.8. The van der Waals surface area contributed by atoms with Crippen LogP contribution in [-0.2, 0) is 6.54 Å². The van der Waals surface area contributed by atoms with Gasteiger partial charge in [0.05, 0.1) is 7.11 Å². The molecule has 4 heteroatoms. The van der Waals surface area contributed by atoms with Gasteiger partial charge in [0, 0.05) is 17.1 Å². The van der Waals surface area contributed by atoms with Gasteiger partial charge >= 0.3 is 0 Å². The van der Waals surface area contributed by atoms with Gasteiger partial charge in [-0.3, -0.25) is 0 Å².